The summed E-state index contributed by atoms with van der Waals surface area (Å²) in [7, 11) is 4.23. The number of hydrogen-bond donors (Lipinski definition) is 1. The van der Waals surface area contributed by atoms with Gasteiger partial charge in [-0.1, -0.05) is 24.3 Å². The highest BCUT2D eigenvalue weighted by molar-refractivity contribution is 5.23. The lowest BCUT2D eigenvalue weighted by Crippen LogP contribution is -2.30. The van der Waals surface area contributed by atoms with Crippen LogP contribution in [0.25, 0.3) is 0 Å². The van der Waals surface area contributed by atoms with Gasteiger partial charge in [0, 0.05) is 6.54 Å². The molecule has 1 fully saturated rings. The minimum atomic E-state index is 0.837. The SMILES string of the molecule is CN(C)Cc1ccc(CC2CCCNC2)cc1. The lowest BCUT2D eigenvalue weighted by atomic mass is 9.92. The molecule has 0 saturated carbocycles. The van der Waals surface area contributed by atoms with Crippen molar-refractivity contribution in [2.75, 3.05) is 27.2 Å². The third kappa shape index (κ3) is 4.14. The lowest BCUT2D eigenvalue weighted by Gasteiger charge is -2.22. The van der Waals surface area contributed by atoms with Crippen LogP contribution in [0.4, 0.5) is 0 Å². The Balaban J connectivity index is 1.88. The van der Waals surface area contributed by atoms with E-state index in [2.05, 4.69) is 48.6 Å². The van der Waals surface area contributed by atoms with Crippen LogP contribution < -0.4 is 5.32 Å². The molecule has 2 nitrogen and oxygen atoms in total. The smallest absolute Gasteiger partial charge is 0.0227 e. The lowest BCUT2D eigenvalue weighted by molar-refractivity contribution is 0.376. The van der Waals surface area contributed by atoms with Crippen LogP contribution in [-0.2, 0) is 13.0 Å². The van der Waals surface area contributed by atoms with E-state index in [0.717, 1.165) is 12.5 Å². The van der Waals surface area contributed by atoms with Crippen LogP contribution in [0.2, 0.25) is 0 Å². The minimum absolute atomic E-state index is 0.837. The molecular formula is C15H24N2. The van der Waals surface area contributed by atoms with Gasteiger partial charge >= 0.3 is 0 Å². The van der Waals surface area contributed by atoms with Crippen LogP contribution in [0.3, 0.4) is 0 Å². The highest BCUT2D eigenvalue weighted by Gasteiger charge is 2.13. The van der Waals surface area contributed by atoms with E-state index in [1.54, 1.807) is 0 Å². The van der Waals surface area contributed by atoms with Crippen molar-refractivity contribution in [3.63, 3.8) is 0 Å². The van der Waals surface area contributed by atoms with Gasteiger partial charge in [-0.2, -0.15) is 0 Å². The maximum Gasteiger partial charge on any atom is 0.0227 e. The molecule has 1 unspecified atom stereocenters. The van der Waals surface area contributed by atoms with Crippen LogP contribution in [0.1, 0.15) is 24.0 Å². The van der Waals surface area contributed by atoms with Gasteiger partial charge in [-0.25, -0.2) is 0 Å². The molecule has 1 N–H and O–H groups in total. The summed E-state index contributed by atoms with van der Waals surface area (Å²) in [6.07, 6.45) is 3.95. The quantitative estimate of drug-likeness (QED) is 0.857. The Morgan fingerprint density at radius 2 is 1.88 bits per heavy atom. The molecule has 17 heavy (non-hydrogen) atoms. The largest absolute Gasteiger partial charge is 0.316 e. The normalized spacial score (nSPS) is 20.8. The first kappa shape index (κ1) is 12.6. The van der Waals surface area contributed by atoms with Crippen molar-refractivity contribution in [2.24, 2.45) is 5.92 Å². The van der Waals surface area contributed by atoms with E-state index in [9.17, 15) is 0 Å². The molecule has 1 saturated heterocycles. The van der Waals surface area contributed by atoms with E-state index in [-0.39, 0.29) is 0 Å². The molecule has 1 heterocycles. The fraction of sp³-hybridized carbons (Fsp3) is 0.600. The van der Waals surface area contributed by atoms with Gasteiger partial charge in [0.1, 0.15) is 0 Å². The third-order valence-corrected chi connectivity index (χ3v) is 3.45. The van der Waals surface area contributed by atoms with Crippen molar-refractivity contribution < 1.29 is 0 Å². The topological polar surface area (TPSA) is 15.3 Å². The van der Waals surface area contributed by atoms with Gasteiger partial charge in [0.15, 0.2) is 0 Å². The predicted octanol–water partition coefficient (Wildman–Crippen LogP) is 2.29. The first-order chi connectivity index (χ1) is 8.24. The molecule has 2 heteroatoms. The fourth-order valence-corrected chi connectivity index (χ4v) is 2.58. The average molecular weight is 232 g/mol. The van der Waals surface area contributed by atoms with Crippen molar-refractivity contribution in [3.8, 4) is 0 Å². The van der Waals surface area contributed by atoms with Crippen molar-refractivity contribution >= 4 is 0 Å². The first-order valence-corrected chi connectivity index (χ1v) is 6.67. The molecule has 1 atom stereocenters. The summed E-state index contributed by atoms with van der Waals surface area (Å²) < 4.78 is 0. The maximum absolute atomic E-state index is 3.49. The van der Waals surface area contributed by atoms with E-state index in [1.165, 1.54) is 43.5 Å². The summed E-state index contributed by atoms with van der Waals surface area (Å²) in [5.74, 6) is 0.837. The average Bonchev–Trinajstić information content (AvgIpc) is 2.32. The zero-order valence-electron chi connectivity index (χ0n) is 11.1. The summed E-state index contributed by atoms with van der Waals surface area (Å²) >= 11 is 0. The molecule has 0 radical (unpaired) electrons. The summed E-state index contributed by atoms with van der Waals surface area (Å²) in [5, 5.41) is 3.49. The van der Waals surface area contributed by atoms with Crippen molar-refractivity contribution in [1.29, 1.82) is 0 Å². The molecule has 0 bridgehead atoms. The van der Waals surface area contributed by atoms with Gasteiger partial charge < -0.3 is 10.2 Å². The van der Waals surface area contributed by atoms with E-state index in [4.69, 9.17) is 0 Å². The number of rotatable bonds is 4. The monoisotopic (exact) mass is 232 g/mol. The maximum atomic E-state index is 3.49. The predicted molar refractivity (Wildman–Crippen MR) is 73.1 cm³/mol. The fourth-order valence-electron chi connectivity index (χ4n) is 2.58. The molecule has 2 rings (SSSR count). The highest BCUT2D eigenvalue weighted by Crippen LogP contribution is 2.17. The summed E-state index contributed by atoms with van der Waals surface area (Å²) in [6.45, 7) is 3.43. The molecule has 1 aromatic rings. The minimum Gasteiger partial charge on any atom is -0.316 e. The standard InChI is InChI=1S/C15H24N2/c1-17(2)12-14-7-5-13(6-8-14)10-15-4-3-9-16-11-15/h5-8,15-16H,3-4,9-12H2,1-2H3. The number of nitrogens with one attached hydrogen (secondary N) is 1. The summed E-state index contributed by atoms with van der Waals surface area (Å²) in [4.78, 5) is 2.21. The van der Waals surface area contributed by atoms with Gasteiger partial charge in [0.2, 0.25) is 0 Å². The van der Waals surface area contributed by atoms with Crippen LogP contribution >= 0.6 is 0 Å². The molecule has 94 valence electrons. The molecule has 1 aliphatic heterocycles. The van der Waals surface area contributed by atoms with E-state index in [1.807, 2.05) is 0 Å². The van der Waals surface area contributed by atoms with Gasteiger partial charge in [-0.05, 0) is 63.5 Å². The Bertz CT molecular complexity index is 323. The van der Waals surface area contributed by atoms with E-state index in [0.29, 0.717) is 0 Å². The van der Waals surface area contributed by atoms with Crippen LogP contribution in [-0.4, -0.2) is 32.1 Å². The second kappa shape index (κ2) is 6.18. The Morgan fingerprint density at radius 1 is 1.18 bits per heavy atom. The highest BCUT2D eigenvalue weighted by atomic mass is 15.0. The molecule has 0 spiro atoms. The number of benzene rings is 1. The zero-order valence-corrected chi connectivity index (χ0v) is 11.1. The third-order valence-electron chi connectivity index (χ3n) is 3.45. The summed E-state index contributed by atoms with van der Waals surface area (Å²) in [6, 6.07) is 9.14. The first-order valence-electron chi connectivity index (χ1n) is 6.67. The molecule has 0 amide bonds. The van der Waals surface area contributed by atoms with Crippen molar-refractivity contribution in [1.82, 2.24) is 10.2 Å². The summed E-state index contributed by atoms with van der Waals surface area (Å²) in [5.41, 5.74) is 2.89. The van der Waals surface area contributed by atoms with Gasteiger partial charge in [-0.3, -0.25) is 0 Å². The Morgan fingerprint density at radius 3 is 2.47 bits per heavy atom. The molecule has 1 aromatic carbocycles. The number of hydrogen-bond acceptors (Lipinski definition) is 2. The van der Waals surface area contributed by atoms with Gasteiger partial charge in [-0.15, -0.1) is 0 Å². The Kier molecular flexibility index (Phi) is 4.57. The second-order valence-corrected chi connectivity index (χ2v) is 5.47. The van der Waals surface area contributed by atoms with Crippen LogP contribution in [0.15, 0.2) is 24.3 Å². The van der Waals surface area contributed by atoms with Gasteiger partial charge in [0.05, 0.1) is 0 Å². The van der Waals surface area contributed by atoms with Crippen LogP contribution in [0, 0.1) is 5.92 Å². The molecular weight excluding hydrogens is 208 g/mol. The van der Waals surface area contributed by atoms with Gasteiger partial charge in [0.25, 0.3) is 0 Å². The molecule has 0 aliphatic carbocycles. The van der Waals surface area contributed by atoms with E-state index < -0.39 is 0 Å². The van der Waals surface area contributed by atoms with Crippen molar-refractivity contribution in [3.05, 3.63) is 35.4 Å². The Hall–Kier alpha value is -0.860. The Labute approximate surface area is 105 Å². The zero-order chi connectivity index (χ0) is 12.1. The molecule has 0 aromatic heterocycles. The number of piperidine rings is 1. The van der Waals surface area contributed by atoms with E-state index >= 15 is 0 Å². The second-order valence-electron chi connectivity index (χ2n) is 5.47. The number of nitrogens with zero attached hydrogens (tertiary/aromatic N) is 1. The molecule has 1 aliphatic rings. The van der Waals surface area contributed by atoms with Crippen LogP contribution in [0.5, 0.6) is 0 Å². The van der Waals surface area contributed by atoms with Crippen molar-refractivity contribution in [2.45, 2.75) is 25.8 Å².